The van der Waals surface area contributed by atoms with Gasteiger partial charge in [0.2, 0.25) is 34.2 Å². The summed E-state index contributed by atoms with van der Waals surface area (Å²) < 4.78 is 41.2. The maximum Gasteiger partial charge on any atom is 0.229 e. The topological polar surface area (TPSA) is 146 Å². The Hall–Kier alpha value is -15.6. The van der Waals surface area contributed by atoms with Gasteiger partial charge in [-0.3, -0.25) is 0 Å². The lowest BCUT2D eigenvalue weighted by Crippen LogP contribution is -2.31. The molecule has 0 radical (unpaired) electrons. The van der Waals surface area contributed by atoms with E-state index in [0.717, 1.165) is 166 Å². The fraction of sp³-hybridized carbons (Fsp3) is 0.143. The molecule has 10 aromatic carbocycles. The minimum atomic E-state index is 0.556. The molecule has 0 bridgehead atoms. The second-order valence-electron chi connectivity index (χ2n) is 31.1. The van der Waals surface area contributed by atoms with Crippen LogP contribution in [0.1, 0.15) is 66.8 Å². The largest absolute Gasteiger partial charge is 0.466 e. The van der Waals surface area contributed by atoms with Crippen LogP contribution in [0.4, 0.5) is 17.1 Å². The highest BCUT2D eigenvalue weighted by atomic mass is 16.3. The van der Waals surface area contributed by atoms with E-state index < -0.39 is 0 Å². The first-order valence-corrected chi connectivity index (χ1v) is 39.5. The Kier molecular flexibility index (Phi) is 20.8. The van der Waals surface area contributed by atoms with Gasteiger partial charge in [-0.15, -0.1) is 0 Å². The highest BCUT2D eigenvalue weighted by molar-refractivity contribution is 6.17. The Morgan fingerprint density at radius 1 is 0.275 bits per heavy atom. The molecule has 0 spiro atoms. The SMILES string of the molecule is Cc1cc[n+](C)c(-c2c(C)cc(C#N)c3oc4ccccc4c23)c1.Cc1cc[n+](C)c(-c2c(C)ccc3oc4cccc(C#N)c4c23)c1.[C-]#[N+]c1ccc2c(c1)oc1c(-c3ccc(C)c[n+]3C)c(C)ccc12.[C-]#[N+]c1ccc2oc3c(-c4ccc(C)c[n+]4C)c(C)ccc3c2c1.[C-]#[N+]c1cccc2c1oc1c(-c3ccc(C)c[n+]3C)c(C)ccc12. The van der Waals surface area contributed by atoms with Gasteiger partial charge in [0.15, 0.2) is 47.9 Å². The minimum Gasteiger partial charge on any atom is -0.466 e. The second-order valence-corrected chi connectivity index (χ2v) is 31.1. The Morgan fingerprint density at radius 2 is 0.708 bits per heavy atom. The van der Waals surface area contributed by atoms with Crippen LogP contribution in [0.5, 0.6) is 0 Å². The number of furan rings is 5. The number of fused-ring (bicyclic) bond motifs is 15. The molecule has 20 aromatic rings. The van der Waals surface area contributed by atoms with Gasteiger partial charge in [0.05, 0.1) is 64.7 Å². The van der Waals surface area contributed by atoms with E-state index in [1.807, 2.05) is 112 Å². The first-order chi connectivity index (χ1) is 57.9. The average molecular weight is 1570 g/mol. The predicted molar refractivity (Wildman–Crippen MR) is 477 cm³/mol. The van der Waals surface area contributed by atoms with Gasteiger partial charge >= 0.3 is 0 Å². The van der Waals surface area contributed by atoms with Crippen molar-refractivity contribution in [2.24, 2.45) is 35.2 Å². The third-order valence-electron chi connectivity index (χ3n) is 22.6. The smallest absolute Gasteiger partial charge is 0.229 e. The summed E-state index contributed by atoms with van der Waals surface area (Å²) in [4.78, 5) is 10.6. The van der Waals surface area contributed by atoms with Crippen molar-refractivity contribution in [1.82, 2.24) is 0 Å². The molecule has 0 unspecified atom stereocenters. The van der Waals surface area contributed by atoms with Crippen molar-refractivity contribution in [3.05, 3.63) is 344 Å². The number of rotatable bonds is 5. The van der Waals surface area contributed by atoms with E-state index in [9.17, 15) is 10.5 Å². The van der Waals surface area contributed by atoms with Gasteiger partial charge in [0, 0.05) is 113 Å². The molecule has 0 fully saturated rings. The zero-order chi connectivity index (χ0) is 84.2. The highest BCUT2D eigenvalue weighted by Gasteiger charge is 2.28. The van der Waals surface area contributed by atoms with Gasteiger partial charge in [0.25, 0.3) is 0 Å². The van der Waals surface area contributed by atoms with E-state index in [-0.39, 0.29) is 0 Å². The van der Waals surface area contributed by atoms with E-state index in [0.29, 0.717) is 39.4 Å². The normalized spacial score (nSPS) is 11.1. The molecule has 120 heavy (non-hydrogen) atoms. The molecule has 0 aliphatic rings. The fourth-order valence-electron chi connectivity index (χ4n) is 16.7. The molecule has 15 heteroatoms. The van der Waals surface area contributed by atoms with Gasteiger partial charge in [0.1, 0.15) is 91.6 Å². The molecule has 0 amide bonds. The molecular weight excluding hydrogens is 1480 g/mol. The second kappa shape index (κ2) is 31.9. The molecule has 580 valence electrons. The van der Waals surface area contributed by atoms with Crippen LogP contribution >= 0.6 is 0 Å². The molecule has 20 rings (SSSR count). The van der Waals surface area contributed by atoms with Gasteiger partial charge in [-0.1, -0.05) is 103 Å². The first-order valence-electron chi connectivity index (χ1n) is 39.5. The maximum atomic E-state index is 9.55. The van der Waals surface area contributed by atoms with E-state index in [1.165, 1.54) is 44.5 Å². The number of aryl methyl sites for hydroxylation is 15. The molecule has 0 saturated carbocycles. The van der Waals surface area contributed by atoms with Crippen molar-refractivity contribution in [1.29, 1.82) is 10.5 Å². The zero-order valence-corrected chi connectivity index (χ0v) is 69.6. The van der Waals surface area contributed by atoms with Gasteiger partial charge < -0.3 is 22.1 Å². The number of benzene rings is 10. The number of aromatic nitrogens is 5. The summed E-state index contributed by atoms with van der Waals surface area (Å²) in [7, 11) is 10.2. The highest BCUT2D eigenvalue weighted by Crippen LogP contribution is 2.45. The molecule has 0 aliphatic carbocycles. The van der Waals surface area contributed by atoms with Crippen molar-refractivity contribution < 1.29 is 44.9 Å². The third-order valence-corrected chi connectivity index (χ3v) is 22.6. The summed E-state index contributed by atoms with van der Waals surface area (Å²) in [6, 6.07) is 75.1. The van der Waals surface area contributed by atoms with Crippen LogP contribution in [0, 0.1) is 112 Å². The first kappa shape index (κ1) is 78.3. The number of nitriles is 2. The molecule has 0 aliphatic heterocycles. The standard InChI is InChI=1S/5C21H17N2O/c1-13-5-10-18(23(4)12-13)20-14(2)6-8-17-16-9-7-15(22-3)11-19(16)24-21(17)20;1-13-5-9-18(23(4)12-13)20-14(2)6-8-16-17-11-15(22-3)7-10-19(17)24-21(16)20;1-13-8-11-18(23(4)12-13)19-14(2)9-10-16-15-6-5-7-17(22-3)20(15)24-21(16)19;1-13-9-10-23(3)16(11-13)19-14(2)7-8-18-21(19)20-15(12-22)5-4-6-17(20)24-18;1-13-8-9-23(3)17(10-13)19-14(2)11-15(12-22)21-20(19)16-6-4-5-7-18(16)24-21/h3*5-12H,1-2,4H3;2*4-11H,1-3H3/q5*+1. The van der Waals surface area contributed by atoms with E-state index in [2.05, 4.69) is 273 Å². The summed E-state index contributed by atoms with van der Waals surface area (Å²) in [6.45, 7) is 42.7. The minimum absolute atomic E-state index is 0.556. The van der Waals surface area contributed by atoms with Crippen LogP contribution in [-0.4, -0.2) is 0 Å². The number of para-hydroxylation sites is 2. The number of pyridine rings is 5. The van der Waals surface area contributed by atoms with Crippen molar-refractivity contribution in [2.45, 2.75) is 69.2 Å². The molecule has 10 aromatic heterocycles. The van der Waals surface area contributed by atoms with Crippen LogP contribution in [0.15, 0.2) is 265 Å². The zero-order valence-electron chi connectivity index (χ0n) is 69.6. The molecule has 0 saturated heterocycles. The van der Waals surface area contributed by atoms with Crippen molar-refractivity contribution in [3.63, 3.8) is 0 Å². The van der Waals surface area contributed by atoms with Crippen LogP contribution in [-0.2, 0) is 35.2 Å². The number of hydrogen-bond donors (Lipinski definition) is 0. The summed E-state index contributed by atoms with van der Waals surface area (Å²) in [6.07, 6.45) is 10.5. The van der Waals surface area contributed by atoms with E-state index >= 15 is 0 Å². The Labute approximate surface area is 695 Å². The van der Waals surface area contributed by atoms with E-state index in [1.54, 1.807) is 12.1 Å². The average Bonchev–Trinajstić information content (AvgIpc) is 1.58. The molecule has 10 heterocycles. The lowest BCUT2D eigenvalue weighted by atomic mass is 9.95. The van der Waals surface area contributed by atoms with Crippen LogP contribution in [0.3, 0.4) is 0 Å². The Bertz CT molecular complexity index is 7750. The monoisotopic (exact) mass is 1570 g/mol. The Balaban J connectivity index is 0.000000112. The summed E-state index contributed by atoms with van der Waals surface area (Å²) in [5.41, 5.74) is 33.9. The molecule has 0 N–H and O–H groups in total. The van der Waals surface area contributed by atoms with Crippen LogP contribution in [0.25, 0.3) is 181 Å². The predicted octanol–water partition coefficient (Wildman–Crippen LogP) is 24.9. The summed E-state index contributed by atoms with van der Waals surface area (Å²) in [5, 5.41) is 29.3. The summed E-state index contributed by atoms with van der Waals surface area (Å²) >= 11 is 0. The van der Waals surface area contributed by atoms with Gasteiger partial charge in [-0.05, 0) is 175 Å². The fourth-order valence-corrected chi connectivity index (χ4v) is 16.7. The van der Waals surface area contributed by atoms with Crippen molar-refractivity contribution in [3.8, 4) is 68.4 Å². The van der Waals surface area contributed by atoms with Crippen LogP contribution < -0.4 is 22.8 Å². The lowest BCUT2D eigenvalue weighted by Gasteiger charge is -2.08. The third kappa shape index (κ3) is 14.2. The quantitative estimate of drug-likeness (QED) is 0.123. The van der Waals surface area contributed by atoms with E-state index in [4.69, 9.17) is 41.8 Å². The van der Waals surface area contributed by atoms with Gasteiger partial charge in [-0.25, -0.2) is 37.4 Å². The molecule has 0 atom stereocenters. The molecule has 15 nitrogen and oxygen atoms in total. The van der Waals surface area contributed by atoms with Crippen LogP contribution in [0.2, 0.25) is 0 Å². The number of hydrogen-bond acceptors (Lipinski definition) is 7. The lowest BCUT2D eigenvalue weighted by molar-refractivity contribution is -0.660. The maximum absolute atomic E-state index is 9.55. The van der Waals surface area contributed by atoms with Gasteiger partial charge in [-0.2, -0.15) is 10.5 Å². The molecular formula is C105H85N10O5+5. The Morgan fingerprint density at radius 3 is 1.27 bits per heavy atom. The van der Waals surface area contributed by atoms with Crippen molar-refractivity contribution >= 4 is 127 Å². The number of nitrogens with zero attached hydrogens (tertiary/aromatic N) is 10. The summed E-state index contributed by atoms with van der Waals surface area (Å²) in [5.74, 6) is 0. The van der Waals surface area contributed by atoms with Crippen molar-refractivity contribution in [2.75, 3.05) is 0 Å².